The van der Waals surface area contributed by atoms with E-state index < -0.39 is 11.7 Å². The zero-order chi connectivity index (χ0) is 14.3. The molecule has 1 aromatic carbocycles. The van der Waals surface area contributed by atoms with E-state index in [1.807, 2.05) is 6.08 Å². The molecule has 1 N–H and O–H groups in total. The third-order valence-corrected chi connectivity index (χ3v) is 3.09. The van der Waals surface area contributed by atoms with Crippen molar-refractivity contribution in [2.24, 2.45) is 5.41 Å². The topological polar surface area (TPSA) is 21.3 Å². The average molecular weight is 271 g/mol. The molecule has 104 valence electrons. The number of rotatable bonds is 2. The van der Waals surface area contributed by atoms with Crippen molar-refractivity contribution in [3.05, 3.63) is 35.4 Å². The lowest BCUT2D eigenvalue weighted by atomic mass is 9.95. The lowest BCUT2D eigenvalue weighted by Gasteiger charge is -2.13. The van der Waals surface area contributed by atoms with Crippen molar-refractivity contribution >= 4 is 5.70 Å². The van der Waals surface area contributed by atoms with Crippen molar-refractivity contribution in [1.82, 2.24) is 5.32 Å². The summed E-state index contributed by atoms with van der Waals surface area (Å²) in [5, 5.41) is 3.20. The molecule has 5 heteroatoms. The van der Waals surface area contributed by atoms with Crippen LogP contribution in [0.25, 0.3) is 5.70 Å². The van der Waals surface area contributed by atoms with Crippen molar-refractivity contribution in [3.63, 3.8) is 0 Å². The van der Waals surface area contributed by atoms with Gasteiger partial charge >= 0.3 is 6.18 Å². The molecule has 0 saturated heterocycles. The normalized spacial score (nSPS) is 17.9. The minimum absolute atomic E-state index is 0.0109. The second-order valence-corrected chi connectivity index (χ2v) is 5.31. The van der Waals surface area contributed by atoms with Gasteiger partial charge in [-0.1, -0.05) is 19.9 Å². The standard InChI is InChI=1S/C14H16F3NO/c1-13(2)7-11(18-8-13)10-5-4-9(14(15,16)17)6-12(10)19-3/h4-7,18H,8H2,1-3H3. The van der Waals surface area contributed by atoms with Gasteiger partial charge in [0.2, 0.25) is 0 Å². The first-order valence-electron chi connectivity index (χ1n) is 5.95. The summed E-state index contributed by atoms with van der Waals surface area (Å²) in [5.41, 5.74) is 0.755. The molecule has 19 heavy (non-hydrogen) atoms. The van der Waals surface area contributed by atoms with E-state index in [2.05, 4.69) is 19.2 Å². The molecular weight excluding hydrogens is 255 g/mol. The van der Waals surface area contributed by atoms with Crippen LogP contribution < -0.4 is 10.1 Å². The maximum Gasteiger partial charge on any atom is 0.416 e. The summed E-state index contributed by atoms with van der Waals surface area (Å²) >= 11 is 0. The van der Waals surface area contributed by atoms with Crippen molar-refractivity contribution < 1.29 is 17.9 Å². The Bertz CT molecular complexity index is 518. The number of methoxy groups -OCH3 is 1. The highest BCUT2D eigenvalue weighted by molar-refractivity contribution is 5.72. The van der Waals surface area contributed by atoms with Gasteiger partial charge in [0.25, 0.3) is 0 Å². The van der Waals surface area contributed by atoms with Gasteiger partial charge in [0, 0.05) is 23.2 Å². The number of benzene rings is 1. The Morgan fingerprint density at radius 3 is 2.42 bits per heavy atom. The van der Waals surface area contributed by atoms with E-state index in [0.717, 1.165) is 24.4 Å². The third kappa shape index (κ3) is 2.85. The molecule has 1 aromatic rings. The molecule has 0 aromatic heterocycles. The summed E-state index contributed by atoms with van der Waals surface area (Å²) in [6.45, 7) is 4.87. The monoisotopic (exact) mass is 271 g/mol. The molecule has 0 fully saturated rings. The van der Waals surface area contributed by atoms with Crippen LogP contribution in [-0.4, -0.2) is 13.7 Å². The molecule has 0 amide bonds. The average Bonchev–Trinajstić information content (AvgIpc) is 2.67. The highest BCUT2D eigenvalue weighted by atomic mass is 19.4. The van der Waals surface area contributed by atoms with Gasteiger partial charge in [-0.25, -0.2) is 0 Å². The Balaban J connectivity index is 2.43. The molecule has 2 rings (SSSR count). The zero-order valence-electron chi connectivity index (χ0n) is 11.1. The van der Waals surface area contributed by atoms with Crippen LogP contribution in [0.5, 0.6) is 5.75 Å². The van der Waals surface area contributed by atoms with Crippen LogP contribution in [0.1, 0.15) is 25.0 Å². The van der Waals surface area contributed by atoms with Gasteiger partial charge in [-0.15, -0.1) is 0 Å². The zero-order valence-corrected chi connectivity index (χ0v) is 11.1. The van der Waals surface area contributed by atoms with Gasteiger partial charge < -0.3 is 10.1 Å². The minimum atomic E-state index is -4.36. The second-order valence-electron chi connectivity index (χ2n) is 5.31. The molecule has 0 aliphatic carbocycles. The first kappa shape index (κ1) is 13.8. The van der Waals surface area contributed by atoms with Gasteiger partial charge in [0.15, 0.2) is 0 Å². The van der Waals surface area contributed by atoms with E-state index in [-0.39, 0.29) is 11.2 Å². The van der Waals surface area contributed by atoms with Crippen LogP contribution in [-0.2, 0) is 6.18 Å². The number of hydrogen-bond acceptors (Lipinski definition) is 2. The number of ether oxygens (including phenoxy) is 1. The molecule has 0 atom stereocenters. The fraction of sp³-hybridized carbons (Fsp3) is 0.429. The SMILES string of the molecule is COc1cc(C(F)(F)F)ccc1C1=CC(C)(C)CN1. The van der Waals surface area contributed by atoms with Crippen LogP contribution in [0.3, 0.4) is 0 Å². The largest absolute Gasteiger partial charge is 0.496 e. The Morgan fingerprint density at radius 2 is 1.95 bits per heavy atom. The van der Waals surface area contributed by atoms with Crippen LogP contribution >= 0.6 is 0 Å². The van der Waals surface area contributed by atoms with Gasteiger partial charge in [0.05, 0.1) is 12.7 Å². The molecule has 1 aliphatic rings. The van der Waals surface area contributed by atoms with Crippen molar-refractivity contribution in [3.8, 4) is 5.75 Å². The summed E-state index contributed by atoms with van der Waals surface area (Å²) in [6.07, 6.45) is -2.35. The quantitative estimate of drug-likeness (QED) is 0.885. The van der Waals surface area contributed by atoms with Crippen molar-refractivity contribution in [1.29, 1.82) is 0 Å². The van der Waals surface area contributed by atoms with E-state index >= 15 is 0 Å². The Morgan fingerprint density at radius 1 is 1.26 bits per heavy atom. The van der Waals surface area contributed by atoms with Gasteiger partial charge in [-0.2, -0.15) is 13.2 Å². The van der Waals surface area contributed by atoms with E-state index in [1.54, 1.807) is 0 Å². The molecule has 0 saturated carbocycles. The van der Waals surface area contributed by atoms with Gasteiger partial charge in [-0.05, 0) is 18.2 Å². The fourth-order valence-electron chi connectivity index (χ4n) is 2.08. The molecule has 0 unspecified atom stereocenters. The van der Waals surface area contributed by atoms with Crippen LogP contribution in [0.4, 0.5) is 13.2 Å². The summed E-state index contributed by atoms with van der Waals surface area (Å²) in [5.74, 6) is 0.228. The van der Waals surface area contributed by atoms with Crippen LogP contribution in [0.2, 0.25) is 0 Å². The van der Waals surface area contributed by atoms with Crippen molar-refractivity contribution in [2.75, 3.05) is 13.7 Å². The predicted octanol–water partition coefficient (Wildman–Crippen LogP) is 3.68. The molecule has 0 bridgehead atoms. The Labute approximate surface area is 110 Å². The summed E-state index contributed by atoms with van der Waals surface area (Å²) < 4.78 is 43.0. The van der Waals surface area contributed by atoms with E-state index in [1.165, 1.54) is 13.2 Å². The summed E-state index contributed by atoms with van der Waals surface area (Å²) in [4.78, 5) is 0. The highest BCUT2D eigenvalue weighted by Gasteiger charge is 2.32. The molecule has 1 aliphatic heterocycles. The number of halogens is 3. The number of alkyl halides is 3. The minimum Gasteiger partial charge on any atom is -0.496 e. The Kier molecular flexibility index (Phi) is 3.24. The lowest BCUT2D eigenvalue weighted by molar-refractivity contribution is -0.137. The molecule has 0 spiro atoms. The highest BCUT2D eigenvalue weighted by Crippen LogP contribution is 2.37. The summed E-state index contributed by atoms with van der Waals surface area (Å²) in [7, 11) is 1.37. The van der Waals surface area contributed by atoms with Gasteiger partial charge in [-0.3, -0.25) is 0 Å². The second kappa shape index (κ2) is 4.47. The number of nitrogens with one attached hydrogen (secondary N) is 1. The smallest absolute Gasteiger partial charge is 0.416 e. The Hall–Kier alpha value is -1.65. The van der Waals surface area contributed by atoms with Crippen LogP contribution in [0, 0.1) is 5.41 Å². The maximum absolute atomic E-state index is 12.7. The lowest BCUT2D eigenvalue weighted by Crippen LogP contribution is -2.17. The van der Waals surface area contributed by atoms with Crippen molar-refractivity contribution in [2.45, 2.75) is 20.0 Å². The fourth-order valence-corrected chi connectivity index (χ4v) is 2.08. The van der Waals surface area contributed by atoms with E-state index in [4.69, 9.17) is 4.74 Å². The third-order valence-electron chi connectivity index (χ3n) is 3.09. The maximum atomic E-state index is 12.7. The predicted molar refractivity (Wildman–Crippen MR) is 67.8 cm³/mol. The molecular formula is C14H16F3NO. The first-order valence-corrected chi connectivity index (χ1v) is 5.95. The van der Waals surface area contributed by atoms with Crippen LogP contribution in [0.15, 0.2) is 24.3 Å². The summed E-state index contributed by atoms with van der Waals surface area (Å²) in [6, 6.07) is 3.55. The molecule has 2 nitrogen and oxygen atoms in total. The first-order chi connectivity index (χ1) is 8.73. The molecule has 1 heterocycles. The van der Waals surface area contributed by atoms with E-state index in [0.29, 0.717) is 5.56 Å². The van der Waals surface area contributed by atoms with Gasteiger partial charge in [0.1, 0.15) is 5.75 Å². The number of hydrogen-bond donors (Lipinski definition) is 1. The van der Waals surface area contributed by atoms with E-state index in [9.17, 15) is 13.2 Å². The molecule has 0 radical (unpaired) electrons.